The van der Waals surface area contributed by atoms with Crippen molar-refractivity contribution in [2.45, 2.75) is 232 Å². The molecule has 238 valence electrons. The number of hydrogen-bond donors (Lipinski definition) is 1. The van der Waals surface area contributed by atoms with E-state index in [-0.39, 0.29) is 12.4 Å². The van der Waals surface area contributed by atoms with E-state index in [0.29, 0.717) is 0 Å². The summed E-state index contributed by atoms with van der Waals surface area (Å²) < 4.78 is 0. The topological polar surface area (TPSA) is 12.0 Å². The summed E-state index contributed by atoms with van der Waals surface area (Å²) >= 11 is 0. The summed E-state index contributed by atoms with van der Waals surface area (Å²) in [5.41, 5.74) is 0. The number of halogens is 1. The predicted molar refractivity (Wildman–Crippen MR) is 184 cm³/mol. The molecular weight excluding hydrogens is 494 g/mol. The summed E-state index contributed by atoms with van der Waals surface area (Å²) in [6.45, 7) is 4.62. The summed E-state index contributed by atoms with van der Waals surface area (Å²) in [5.74, 6) is 0. The third kappa shape index (κ3) is 36.2. The van der Waals surface area contributed by atoms with Crippen molar-refractivity contribution < 1.29 is 0 Å². The van der Waals surface area contributed by atoms with Gasteiger partial charge in [0.05, 0.1) is 0 Å². The smallest absolute Gasteiger partial charge is 0.00640 e. The van der Waals surface area contributed by atoms with Gasteiger partial charge in [0.1, 0.15) is 0 Å². The minimum Gasteiger partial charge on any atom is -0.317 e. The number of unbranched alkanes of at least 4 members (excludes halogenated alkanes) is 29. The van der Waals surface area contributed by atoms with Gasteiger partial charge in [0.2, 0.25) is 0 Å². The normalized spacial score (nSPS) is 12.1. The van der Waals surface area contributed by atoms with E-state index in [0.717, 1.165) is 6.04 Å². The van der Waals surface area contributed by atoms with Gasteiger partial charge in [0.15, 0.2) is 0 Å². The van der Waals surface area contributed by atoms with E-state index in [9.17, 15) is 0 Å². The van der Waals surface area contributed by atoms with Crippen LogP contribution in [0.25, 0.3) is 0 Å². The highest BCUT2D eigenvalue weighted by atomic mass is 35.5. The summed E-state index contributed by atoms with van der Waals surface area (Å²) in [6, 6.07) is 0.767. The molecule has 0 saturated carbocycles. The SMILES string of the molecule is CCCCCCCCCCCCCCCCCCC(CCCCCCCCCCCCCCCCC)NC.Cl. The van der Waals surface area contributed by atoms with Crippen molar-refractivity contribution in [3.8, 4) is 0 Å². The van der Waals surface area contributed by atoms with Crippen molar-refractivity contribution in [1.82, 2.24) is 5.32 Å². The molecule has 0 bridgehead atoms. The van der Waals surface area contributed by atoms with Gasteiger partial charge in [-0.2, -0.15) is 0 Å². The van der Waals surface area contributed by atoms with E-state index in [2.05, 4.69) is 26.2 Å². The average Bonchev–Trinajstić information content (AvgIpc) is 2.93. The first-order valence-corrected chi connectivity index (χ1v) is 18.5. The predicted octanol–water partition coefficient (Wildman–Crippen LogP) is 13.9. The van der Waals surface area contributed by atoms with Gasteiger partial charge >= 0.3 is 0 Å². The zero-order valence-corrected chi connectivity index (χ0v) is 28.6. The second-order valence-corrected chi connectivity index (χ2v) is 12.8. The monoisotopic (exact) mass is 572 g/mol. The molecular formula is C37H78ClN. The quantitative estimate of drug-likeness (QED) is 0.0757. The summed E-state index contributed by atoms with van der Waals surface area (Å²) in [5, 5.41) is 3.60. The standard InChI is InChI=1S/C37H77N.ClH/c1-4-6-8-10-12-14-16-18-20-22-24-26-28-30-32-34-36-37(38-3)35-33-31-29-27-25-23-21-19-17-15-13-11-9-7-5-2;/h37-38H,4-36H2,1-3H3;1H. The van der Waals surface area contributed by atoms with Crippen LogP contribution in [0.1, 0.15) is 226 Å². The van der Waals surface area contributed by atoms with Crippen LogP contribution in [0.5, 0.6) is 0 Å². The van der Waals surface area contributed by atoms with Gasteiger partial charge in [0.25, 0.3) is 0 Å². The molecule has 0 heterocycles. The van der Waals surface area contributed by atoms with Gasteiger partial charge in [-0.15, -0.1) is 12.4 Å². The van der Waals surface area contributed by atoms with Crippen LogP contribution in [0.3, 0.4) is 0 Å². The molecule has 0 aromatic rings. The van der Waals surface area contributed by atoms with Crippen molar-refractivity contribution in [1.29, 1.82) is 0 Å². The van der Waals surface area contributed by atoms with E-state index >= 15 is 0 Å². The highest BCUT2D eigenvalue weighted by molar-refractivity contribution is 5.85. The number of nitrogens with one attached hydrogen (secondary N) is 1. The molecule has 0 aromatic heterocycles. The average molecular weight is 572 g/mol. The molecule has 0 rings (SSSR count). The van der Waals surface area contributed by atoms with Crippen molar-refractivity contribution in [2.75, 3.05) is 7.05 Å². The first-order valence-electron chi connectivity index (χ1n) is 18.5. The lowest BCUT2D eigenvalue weighted by atomic mass is 9.99. The fourth-order valence-corrected chi connectivity index (χ4v) is 6.13. The third-order valence-electron chi connectivity index (χ3n) is 8.97. The van der Waals surface area contributed by atoms with Gasteiger partial charge < -0.3 is 5.32 Å². The second-order valence-electron chi connectivity index (χ2n) is 12.8. The molecule has 0 fully saturated rings. The molecule has 0 aromatic carbocycles. The zero-order chi connectivity index (χ0) is 27.6. The summed E-state index contributed by atoms with van der Waals surface area (Å²) in [4.78, 5) is 0. The Balaban J connectivity index is 0. The maximum atomic E-state index is 3.60. The van der Waals surface area contributed by atoms with E-state index in [1.54, 1.807) is 0 Å². The van der Waals surface area contributed by atoms with E-state index in [4.69, 9.17) is 0 Å². The minimum atomic E-state index is 0. The van der Waals surface area contributed by atoms with E-state index in [1.165, 1.54) is 212 Å². The van der Waals surface area contributed by atoms with Crippen LogP contribution in [0.15, 0.2) is 0 Å². The van der Waals surface area contributed by atoms with Crippen molar-refractivity contribution >= 4 is 12.4 Å². The van der Waals surface area contributed by atoms with Gasteiger partial charge in [-0.3, -0.25) is 0 Å². The number of rotatable bonds is 34. The van der Waals surface area contributed by atoms with Crippen LogP contribution in [0, 0.1) is 0 Å². The Kier molecular flexibility index (Phi) is 40.6. The van der Waals surface area contributed by atoms with Crippen LogP contribution in [0.2, 0.25) is 0 Å². The van der Waals surface area contributed by atoms with Gasteiger partial charge in [-0.25, -0.2) is 0 Å². The van der Waals surface area contributed by atoms with Crippen LogP contribution in [-0.2, 0) is 0 Å². The van der Waals surface area contributed by atoms with Gasteiger partial charge in [-0.05, 0) is 19.9 Å². The van der Waals surface area contributed by atoms with Gasteiger partial charge in [0, 0.05) is 6.04 Å². The first-order chi connectivity index (χ1) is 18.8. The lowest BCUT2D eigenvalue weighted by molar-refractivity contribution is 0.434. The number of hydrogen-bond acceptors (Lipinski definition) is 1. The highest BCUT2D eigenvalue weighted by Crippen LogP contribution is 2.17. The molecule has 39 heavy (non-hydrogen) atoms. The maximum Gasteiger partial charge on any atom is 0.00640 e. The molecule has 1 nitrogen and oxygen atoms in total. The molecule has 0 radical (unpaired) electrons. The molecule has 0 aliphatic rings. The Morgan fingerprint density at radius 1 is 0.308 bits per heavy atom. The highest BCUT2D eigenvalue weighted by Gasteiger charge is 2.05. The van der Waals surface area contributed by atoms with Crippen LogP contribution in [-0.4, -0.2) is 13.1 Å². The van der Waals surface area contributed by atoms with E-state index in [1.807, 2.05) is 0 Å². The maximum absolute atomic E-state index is 3.60. The van der Waals surface area contributed by atoms with E-state index < -0.39 is 0 Å². The third-order valence-corrected chi connectivity index (χ3v) is 8.97. The molecule has 1 atom stereocenters. The Labute approximate surface area is 256 Å². The first kappa shape index (κ1) is 41.4. The lowest BCUT2D eigenvalue weighted by Gasteiger charge is -2.16. The molecule has 0 spiro atoms. The Hall–Kier alpha value is 0.250. The minimum absolute atomic E-state index is 0. The Bertz CT molecular complexity index is 399. The molecule has 1 N–H and O–H groups in total. The van der Waals surface area contributed by atoms with Crippen molar-refractivity contribution in [3.05, 3.63) is 0 Å². The Morgan fingerprint density at radius 2 is 0.487 bits per heavy atom. The molecule has 2 heteroatoms. The Morgan fingerprint density at radius 3 is 0.667 bits per heavy atom. The fraction of sp³-hybridized carbons (Fsp3) is 1.00. The molecule has 0 amide bonds. The zero-order valence-electron chi connectivity index (χ0n) is 27.8. The summed E-state index contributed by atoms with van der Waals surface area (Å²) in [6.07, 6.45) is 48.2. The molecule has 1 unspecified atom stereocenters. The van der Waals surface area contributed by atoms with Crippen LogP contribution < -0.4 is 5.32 Å². The molecule has 0 aliphatic carbocycles. The van der Waals surface area contributed by atoms with Crippen molar-refractivity contribution in [3.63, 3.8) is 0 Å². The molecule has 0 saturated heterocycles. The largest absolute Gasteiger partial charge is 0.317 e. The van der Waals surface area contributed by atoms with Crippen LogP contribution >= 0.6 is 12.4 Å². The molecule has 0 aliphatic heterocycles. The van der Waals surface area contributed by atoms with Crippen molar-refractivity contribution in [2.24, 2.45) is 0 Å². The summed E-state index contributed by atoms with van der Waals surface area (Å²) in [7, 11) is 2.18. The van der Waals surface area contributed by atoms with Gasteiger partial charge in [-0.1, -0.05) is 213 Å². The van der Waals surface area contributed by atoms with Crippen LogP contribution in [0.4, 0.5) is 0 Å². The second kappa shape index (κ2) is 38.2. The fourth-order valence-electron chi connectivity index (χ4n) is 6.13. The lowest BCUT2D eigenvalue weighted by Crippen LogP contribution is -2.24.